The first kappa shape index (κ1) is 21.0. The van der Waals surface area contributed by atoms with E-state index in [1.54, 1.807) is 0 Å². The Morgan fingerprint density at radius 3 is 2.61 bits per heavy atom. The van der Waals surface area contributed by atoms with Crippen LogP contribution in [0.2, 0.25) is 0 Å². The number of benzene rings is 2. The number of imide groups is 1. The van der Waals surface area contributed by atoms with Gasteiger partial charge in [-0.1, -0.05) is 54.6 Å². The van der Waals surface area contributed by atoms with E-state index in [1.807, 2.05) is 78.3 Å². The number of rotatable bonds is 7. The van der Waals surface area contributed by atoms with E-state index in [1.165, 1.54) is 11.3 Å². The lowest BCUT2D eigenvalue weighted by molar-refractivity contribution is -0.132. The number of hydrogen-bond acceptors (Lipinski definition) is 4. The van der Waals surface area contributed by atoms with Crippen LogP contribution < -0.4 is 10.6 Å². The van der Waals surface area contributed by atoms with Crippen molar-refractivity contribution in [1.29, 1.82) is 0 Å². The summed E-state index contributed by atoms with van der Waals surface area (Å²) in [6.07, 6.45) is 2.21. The predicted molar refractivity (Wildman–Crippen MR) is 127 cm³/mol. The van der Waals surface area contributed by atoms with Crippen molar-refractivity contribution in [3.05, 3.63) is 94.3 Å². The Hall–Kier alpha value is -3.91. The Labute approximate surface area is 194 Å². The lowest BCUT2D eigenvalue weighted by Gasteiger charge is -2.20. The molecule has 33 heavy (non-hydrogen) atoms. The van der Waals surface area contributed by atoms with Crippen molar-refractivity contribution in [2.24, 2.45) is 0 Å². The first-order valence-corrected chi connectivity index (χ1v) is 11.5. The first-order valence-electron chi connectivity index (χ1n) is 10.6. The largest absolute Gasteiger partial charge is 0.361 e. The molecule has 1 aliphatic heterocycles. The van der Waals surface area contributed by atoms with Crippen molar-refractivity contribution in [2.75, 3.05) is 6.54 Å². The topological polar surface area (TPSA) is 94.3 Å². The van der Waals surface area contributed by atoms with Gasteiger partial charge in [0, 0.05) is 28.4 Å². The van der Waals surface area contributed by atoms with Gasteiger partial charge >= 0.3 is 6.03 Å². The SMILES string of the molecule is O=C(CN1C(=O)N[C@H](Cc2c[nH]c3ccccc23)C1=O)N[C@@H](c1ccccc1)c1cccs1. The van der Waals surface area contributed by atoms with Crippen LogP contribution in [0.1, 0.15) is 22.0 Å². The smallest absolute Gasteiger partial charge is 0.325 e. The molecular weight excluding hydrogens is 436 g/mol. The fourth-order valence-electron chi connectivity index (χ4n) is 4.16. The van der Waals surface area contributed by atoms with Crippen molar-refractivity contribution in [3.63, 3.8) is 0 Å². The van der Waals surface area contributed by atoms with Crippen LogP contribution in [0.25, 0.3) is 10.9 Å². The molecular formula is C25H22N4O3S. The molecule has 2 atom stereocenters. The van der Waals surface area contributed by atoms with Gasteiger partial charge < -0.3 is 15.6 Å². The number of carbonyl (C=O) groups is 3. The van der Waals surface area contributed by atoms with Crippen molar-refractivity contribution < 1.29 is 14.4 Å². The zero-order valence-corrected chi connectivity index (χ0v) is 18.5. The Morgan fingerprint density at radius 1 is 1.03 bits per heavy atom. The number of aromatic nitrogens is 1. The second-order valence-electron chi connectivity index (χ2n) is 7.92. The van der Waals surface area contributed by atoms with Crippen LogP contribution in [0.15, 0.2) is 78.3 Å². The van der Waals surface area contributed by atoms with Gasteiger partial charge in [-0.3, -0.25) is 14.5 Å². The Balaban J connectivity index is 1.28. The average Bonchev–Trinajstić information content (AvgIpc) is 3.56. The average molecular weight is 459 g/mol. The van der Waals surface area contributed by atoms with E-state index in [2.05, 4.69) is 15.6 Å². The van der Waals surface area contributed by atoms with E-state index in [-0.39, 0.29) is 12.6 Å². The summed E-state index contributed by atoms with van der Waals surface area (Å²) in [6.45, 7) is -0.330. The van der Waals surface area contributed by atoms with Crippen LogP contribution in [0.5, 0.6) is 0 Å². The van der Waals surface area contributed by atoms with Gasteiger partial charge in [0.1, 0.15) is 12.6 Å². The third kappa shape index (κ3) is 4.25. The molecule has 5 rings (SSSR count). The Bertz CT molecular complexity index is 1300. The van der Waals surface area contributed by atoms with Crippen molar-refractivity contribution >= 4 is 40.1 Å². The molecule has 4 amide bonds. The molecule has 166 valence electrons. The van der Waals surface area contributed by atoms with Gasteiger partial charge in [-0.25, -0.2) is 4.79 Å². The molecule has 4 aromatic rings. The van der Waals surface area contributed by atoms with Gasteiger partial charge in [-0.05, 0) is 28.6 Å². The normalized spacial score (nSPS) is 16.7. The standard InChI is InChI=1S/C25H22N4O3S/c30-22(28-23(21-11-6-12-33-21)16-7-2-1-3-8-16)15-29-24(31)20(27-25(29)32)13-17-14-26-19-10-5-4-9-18(17)19/h1-12,14,20,23,26H,13,15H2,(H,27,32)(H,28,30)/t20-,23+/m1/s1. The molecule has 1 saturated heterocycles. The van der Waals surface area contributed by atoms with E-state index < -0.39 is 23.9 Å². The van der Waals surface area contributed by atoms with Crippen LogP contribution in [0.4, 0.5) is 4.79 Å². The number of H-pyrrole nitrogens is 1. The fraction of sp³-hybridized carbons (Fsp3) is 0.160. The number of fused-ring (bicyclic) bond motifs is 1. The molecule has 1 fully saturated rings. The number of carbonyl (C=O) groups excluding carboxylic acids is 3. The lowest BCUT2D eigenvalue weighted by Crippen LogP contribution is -2.42. The molecule has 2 aromatic heterocycles. The van der Waals surface area contributed by atoms with Crippen molar-refractivity contribution in [1.82, 2.24) is 20.5 Å². The third-order valence-electron chi connectivity index (χ3n) is 5.77. The highest BCUT2D eigenvalue weighted by atomic mass is 32.1. The zero-order valence-electron chi connectivity index (χ0n) is 17.7. The maximum atomic E-state index is 13.0. The van der Waals surface area contributed by atoms with Crippen molar-refractivity contribution in [2.45, 2.75) is 18.5 Å². The van der Waals surface area contributed by atoms with Gasteiger partial charge in [0.2, 0.25) is 5.91 Å². The Kier molecular flexibility index (Phi) is 5.66. The lowest BCUT2D eigenvalue weighted by atomic mass is 10.0. The maximum absolute atomic E-state index is 13.0. The highest BCUT2D eigenvalue weighted by molar-refractivity contribution is 7.10. The molecule has 7 nitrogen and oxygen atoms in total. The number of para-hydroxylation sites is 1. The fourth-order valence-corrected chi connectivity index (χ4v) is 4.96. The van der Waals surface area contributed by atoms with Gasteiger partial charge in [-0.2, -0.15) is 0 Å². The maximum Gasteiger partial charge on any atom is 0.325 e. The molecule has 0 spiro atoms. The van der Waals surface area contributed by atoms with Crippen LogP contribution in [-0.4, -0.2) is 40.3 Å². The number of nitrogens with zero attached hydrogens (tertiary/aromatic N) is 1. The van der Waals surface area contributed by atoms with Gasteiger partial charge in [0.05, 0.1) is 6.04 Å². The van der Waals surface area contributed by atoms with E-state index in [0.717, 1.165) is 31.8 Å². The van der Waals surface area contributed by atoms with Gasteiger partial charge in [-0.15, -0.1) is 11.3 Å². The molecule has 8 heteroatoms. The van der Waals surface area contributed by atoms with Gasteiger partial charge in [0.15, 0.2) is 0 Å². The molecule has 0 saturated carbocycles. The second-order valence-corrected chi connectivity index (χ2v) is 8.90. The zero-order chi connectivity index (χ0) is 22.8. The molecule has 3 heterocycles. The summed E-state index contributed by atoms with van der Waals surface area (Å²) in [5.74, 6) is -0.790. The molecule has 2 aromatic carbocycles. The molecule has 1 aliphatic rings. The summed E-state index contributed by atoms with van der Waals surface area (Å²) in [5.41, 5.74) is 2.85. The third-order valence-corrected chi connectivity index (χ3v) is 6.71. The molecule has 3 N–H and O–H groups in total. The number of thiophene rings is 1. The van der Waals surface area contributed by atoms with Crippen LogP contribution in [0.3, 0.4) is 0 Å². The molecule has 0 unspecified atom stereocenters. The first-order chi connectivity index (χ1) is 16.1. The van der Waals surface area contributed by atoms with E-state index in [0.29, 0.717) is 6.42 Å². The highest BCUT2D eigenvalue weighted by Gasteiger charge is 2.39. The van der Waals surface area contributed by atoms with Crippen LogP contribution >= 0.6 is 11.3 Å². The summed E-state index contributed by atoms with van der Waals surface area (Å²) in [4.78, 5) is 43.5. The second kappa shape index (κ2) is 8.91. The van der Waals surface area contributed by atoms with Crippen molar-refractivity contribution in [3.8, 4) is 0 Å². The minimum absolute atomic E-state index is 0.330. The minimum Gasteiger partial charge on any atom is -0.361 e. The van der Waals surface area contributed by atoms with E-state index >= 15 is 0 Å². The van der Waals surface area contributed by atoms with Gasteiger partial charge in [0.25, 0.3) is 5.91 Å². The molecule has 0 bridgehead atoms. The monoisotopic (exact) mass is 458 g/mol. The van der Waals surface area contributed by atoms with E-state index in [4.69, 9.17) is 0 Å². The molecule has 0 radical (unpaired) electrons. The van der Waals surface area contributed by atoms with E-state index in [9.17, 15) is 14.4 Å². The summed E-state index contributed by atoms with van der Waals surface area (Å²) >= 11 is 1.54. The number of nitrogens with one attached hydrogen (secondary N) is 3. The Morgan fingerprint density at radius 2 is 1.82 bits per heavy atom. The summed E-state index contributed by atoms with van der Waals surface area (Å²) < 4.78 is 0. The summed E-state index contributed by atoms with van der Waals surface area (Å²) in [5, 5.41) is 8.66. The number of aromatic amines is 1. The quantitative estimate of drug-likeness (QED) is 0.370. The van der Waals surface area contributed by atoms with Crippen LogP contribution in [0, 0.1) is 0 Å². The molecule has 0 aliphatic carbocycles. The summed E-state index contributed by atoms with van der Waals surface area (Å²) in [7, 11) is 0. The van der Waals surface area contributed by atoms with Crippen LogP contribution in [-0.2, 0) is 16.0 Å². The highest BCUT2D eigenvalue weighted by Crippen LogP contribution is 2.26. The number of hydrogen-bond donors (Lipinski definition) is 3. The number of amides is 4. The minimum atomic E-state index is -0.702. The number of urea groups is 1. The predicted octanol–water partition coefficient (Wildman–Crippen LogP) is 3.60. The summed E-state index contributed by atoms with van der Waals surface area (Å²) in [6, 6.07) is 19.7.